The van der Waals surface area contributed by atoms with E-state index in [1.54, 1.807) is 0 Å². The Bertz CT molecular complexity index is 1160. The Morgan fingerprint density at radius 3 is 2.80 bits per heavy atom. The molecule has 2 N–H and O–H groups in total. The van der Waals surface area contributed by atoms with Gasteiger partial charge in [0, 0.05) is 49.7 Å². The molecule has 2 fully saturated rings. The van der Waals surface area contributed by atoms with Crippen LogP contribution in [0.25, 0.3) is 0 Å². The lowest BCUT2D eigenvalue weighted by atomic mass is 10.0. The fourth-order valence-electron chi connectivity index (χ4n) is 4.84. The molecule has 0 bridgehead atoms. The van der Waals surface area contributed by atoms with E-state index >= 15 is 0 Å². The number of hydrogen-bond acceptors (Lipinski definition) is 5. The fourth-order valence-corrected chi connectivity index (χ4v) is 5.18. The molecule has 182 valence electrons. The van der Waals surface area contributed by atoms with Crippen molar-refractivity contribution in [2.24, 2.45) is 0 Å². The molecule has 1 aromatic carbocycles. The molecule has 3 atom stereocenters. The Labute approximate surface area is 210 Å². The number of amides is 1. The van der Waals surface area contributed by atoms with Crippen molar-refractivity contribution in [2.45, 2.75) is 37.6 Å². The van der Waals surface area contributed by atoms with Gasteiger partial charge in [-0.05, 0) is 73.6 Å². The lowest BCUT2D eigenvalue weighted by Gasteiger charge is -2.29. The third kappa shape index (κ3) is 5.07. The first-order valence-electron chi connectivity index (χ1n) is 11.8. The van der Waals surface area contributed by atoms with E-state index in [0.29, 0.717) is 10.8 Å². The molecule has 5 rings (SSSR count). The Kier molecular flexibility index (Phi) is 7.08. The maximum atomic E-state index is 11.9. The summed E-state index contributed by atoms with van der Waals surface area (Å²) in [4.78, 5) is 18.7. The number of nitrogens with zero attached hydrogens (tertiary/aromatic N) is 3. The summed E-state index contributed by atoms with van der Waals surface area (Å²) in [6.07, 6.45) is 6.32. The largest absolute Gasteiger partial charge is 0.376 e. The molecule has 3 aromatic rings. The van der Waals surface area contributed by atoms with Gasteiger partial charge in [-0.2, -0.15) is 0 Å². The van der Waals surface area contributed by atoms with Crippen molar-refractivity contribution in [2.75, 3.05) is 30.5 Å². The van der Waals surface area contributed by atoms with Crippen LogP contribution in [-0.4, -0.2) is 47.0 Å². The van der Waals surface area contributed by atoms with Crippen LogP contribution >= 0.6 is 12.2 Å². The van der Waals surface area contributed by atoms with Crippen LogP contribution < -0.4 is 15.5 Å². The van der Waals surface area contributed by atoms with Gasteiger partial charge < -0.3 is 29.6 Å². The highest BCUT2D eigenvalue weighted by atomic mass is 32.1. The van der Waals surface area contributed by atoms with Crippen LogP contribution in [-0.2, 0) is 20.8 Å². The van der Waals surface area contributed by atoms with Crippen LogP contribution in [0.4, 0.5) is 11.4 Å². The normalized spacial score (nSPS) is 21.8. The maximum absolute atomic E-state index is 11.9. The number of hydrogen-bond donors (Lipinski definition) is 2. The smallest absolute Gasteiger partial charge is 0.250 e. The molecule has 0 saturated carbocycles. The van der Waals surface area contributed by atoms with Gasteiger partial charge in [0.25, 0.3) is 0 Å². The molecule has 1 amide bonds. The predicted molar refractivity (Wildman–Crippen MR) is 138 cm³/mol. The van der Waals surface area contributed by atoms with Crippen molar-refractivity contribution in [3.05, 3.63) is 78.4 Å². The zero-order valence-electron chi connectivity index (χ0n) is 19.6. The van der Waals surface area contributed by atoms with Crippen LogP contribution in [0.2, 0.25) is 0 Å². The Morgan fingerprint density at radius 1 is 1.23 bits per heavy atom. The second kappa shape index (κ2) is 10.6. The first-order chi connectivity index (χ1) is 17.1. The second-order valence-corrected chi connectivity index (χ2v) is 9.13. The van der Waals surface area contributed by atoms with Crippen LogP contribution in [0, 0.1) is 0 Å². The molecular weight excluding hydrogens is 462 g/mol. The number of rotatable bonds is 8. The van der Waals surface area contributed by atoms with Crippen LogP contribution in [0.5, 0.6) is 0 Å². The minimum absolute atomic E-state index is 0.0113. The third-order valence-corrected chi connectivity index (χ3v) is 6.71. The number of anilines is 2. The van der Waals surface area contributed by atoms with E-state index in [1.165, 1.54) is 7.11 Å². The predicted octanol–water partition coefficient (Wildman–Crippen LogP) is 3.82. The summed E-state index contributed by atoms with van der Waals surface area (Å²) in [6.45, 7) is 1.64. The van der Waals surface area contributed by atoms with Gasteiger partial charge in [-0.1, -0.05) is 6.07 Å². The number of benzene rings is 1. The van der Waals surface area contributed by atoms with E-state index < -0.39 is 0 Å². The van der Waals surface area contributed by atoms with E-state index in [-0.39, 0.29) is 30.7 Å². The zero-order chi connectivity index (χ0) is 24.2. The number of methoxy groups -OCH3 is 1. The first-order valence-corrected chi connectivity index (χ1v) is 12.2. The van der Waals surface area contributed by atoms with Crippen LogP contribution in [0.15, 0.2) is 67.0 Å². The SMILES string of the molecule is COCC(=O)Nc1ccc(N2C(=S)N[C@@H](c3ccccn3)[C@@H]2c2cccn2C[C@@H]2CCCO2)cc1. The molecule has 2 aromatic heterocycles. The van der Waals surface area contributed by atoms with E-state index in [0.717, 1.165) is 43.1 Å². The molecule has 0 aliphatic carbocycles. The van der Waals surface area contributed by atoms with Gasteiger partial charge in [-0.15, -0.1) is 0 Å². The zero-order valence-corrected chi connectivity index (χ0v) is 20.4. The van der Waals surface area contributed by atoms with Gasteiger partial charge in [-0.25, -0.2) is 0 Å². The molecule has 0 spiro atoms. The summed E-state index contributed by atoms with van der Waals surface area (Å²) in [5.74, 6) is -0.196. The Balaban J connectivity index is 1.48. The number of carbonyl (C=O) groups excluding carboxylic acids is 1. The van der Waals surface area contributed by atoms with Crippen molar-refractivity contribution in [3.63, 3.8) is 0 Å². The average molecular weight is 492 g/mol. The minimum atomic E-state index is -0.196. The van der Waals surface area contributed by atoms with Crippen molar-refractivity contribution >= 4 is 34.6 Å². The fraction of sp³-hybridized carbons (Fsp3) is 0.346. The quantitative estimate of drug-likeness (QED) is 0.464. The van der Waals surface area contributed by atoms with Crippen molar-refractivity contribution in [3.8, 4) is 0 Å². The number of carbonyl (C=O) groups is 1. The molecule has 0 unspecified atom stereocenters. The maximum Gasteiger partial charge on any atom is 0.250 e. The molecule has 35 heavy (non-hydrogen) atoms. The van der Waals surface area contributed by atoms with E-state index in [4.69, 9.17) is 21.7 Å². The van der Waals surface area contributed by atoms with Crippen molar-refractivity contribution in [1.82, 2.24) is 14.9 Å². The Hall–Kier alpha value is -3.27. The number of nitrogens with one attached hydrogen (secondary N) is 2. The van der Waals surface area contributed by atoms with Gasteiger partial charge >= 0.3 is 0 Å². The first kappa shape index (κ1) is 23.5. The second-order valence-electron chi connectivity index (χ2n) is 8.75. The summed E-state index contributed by atoms with van der Waals surface area (Å²) < 4.78 is 13.1. The number of ether oxygens (including phenoxy) is 2. The average Bonchev–Trinajstić information content (AvgIpc) is 3.61. The summed E-state index contributed by atoms with van der Waals surface area (Å²) >= 11 is 5.84. The molecule has 4 heterocycles. The molecular formula is C26H29N5O3S. The lowest BCUT2D eigenvalue weighted by molar-refractivity contribution is -0.119. The molecule has 2 aliphatic rings. The number of aromatic nitrogens is 2. The van der Waals surface area contributed by atoms with Crippen LogP contribution in [0.1, 0.15) is 36.3 Å². The highest BCUT2D eigenvalue weighted by Gasteiger charge is 2.42. The standard InChI is InChI=1S/C26H29N5O3S/c1-33-17-23(32)28-18-9-11-19(12-10-18)31-25(24(29-26(31)35)21-7-2-3-13-27-21)22-8-4-14-30(22)16-20-6-5-15-34-20/h2-4,7-14,20,24-25H,5-6,15-17H2,1H3,(H,28,32)(H,29,35)/t20-,24-,25-/m0/s1. The topological polar surface area (TPSA) is 80.7 Å². The summed E-state index contributed by atoms with van der Waals surface area (Å²) in [6, 6.07) is 17.6. The van der Waals surface area contributed by atoms with E-state index in [2.05, 4.69) is 43.4 Å². The summed E-state index contributed by atoms with van der Waals surface area (Å²) in [5.41, 5.74) is 3.70. The molecule has 9 heteroatoms. The monoisotopic (exact) mass is 491 g/mol. The Morgan fingerprint density at radius 2 is 2.09 bits per heavy atom. The van der Waals surface area contributed by atoms with Gasteiger partial charge in [-0.3, -0.25) is 9.78 Å². The van der Waals surface area contributed by atoms with Gasteiger partial charge in [0.2, 0.25) is 5.91 Å². The molecule has 2 saturated heterocycles. The summed E-state index contributed by atoms with van der Waals surface area (Å²) in [5, 5.41) is 6.97. The van der Waals surface area contributed by atoms with Crippen molar-refractivity contribution < 1.29 is 14.3 Å². The number of thiocarbonyl (C=S) groups is 1. The van der Waals surface area contributed by atoms with Gasteiger partial charge in [0.1, 0.15) is 12.6 Å². The minimum Gasteiger partial charge on any atom is -0.376 e. The number of pyridine rings is 1. The molecule has 8 nitrogen and oxygen atoms in total. The third-order valence-electron chi connectivity index (χ3n) is 6.39. The highest BCUT2D eigenvalue weighted by molar-refractivity contribution is 7.80. The molecule has 0 radical (unpaired) electrons. The lowest BCUT2D eigenvalue weighted by Crippen LogP contribution is -2.31. The summed E-state index contributed by atoms with van der Waals surface area (Å²) in [7, 11) is 1.50. The van der Waals surface area contributed by atoms with E-state index in [1.807, 2.05) is 48.7 Å². The molecule has 2 aliphatic heterocycles. The van der Waals surface area contributed by atoms with Crippen molar-refractivity contribution in [1.29, 1.82) is 0 Å². The highest BCUT2D eigenvalue weighted by Crippen LogP contribution is 2.42. The van der Waals surface area contributed by atoms with Crippen LogP contribution in [0.3, 0.4) is 0 Å². The van der Waals surface area contributed by atoms with Gasteiger partial charge in [0.15, 0.2) is 5.11 Å². The van der Waals surface area contributed by atoms with E-state index in [9.17, 15) is 4.79 Å². The van der Waals surface area contributed by atoms with Gasteiger partial charge in [0.05, 0.1) is 17.8 Å².